The Morgan fingerprint density at radius 1 is 0.732 bits per heavy atom. The van der Waals surface area contributed by atoms with Crippen molar-refractivity contribution < 1.29 is 29.1 Å². The monoisotopic (exact) mass is 788 g/mol. The average Bonchev–Trinajstić information content (AvgIpc) is 4.10. The molecule has 0 atom stereocenters. The van der Waals surface area contributed by atoms with Gasteiger partial charge in [0.25, 0.3) is 0 Å². The normalized spacial score (nSPS) is 13.0. The van der Waals surface area contributed by atoms with Gasteiger partial charge in [-0.2, -0.15) is 9.97 Å². The molecular formula is C40H54BClN8O6. The number of nitrogens with zero attached hydrogens (tertiary/aromatic N) is 4. The zero-order chi connectivity index (χ0) is 40.6. The van der Waals surface area contributed by atoms with Crippen molar-refractivity contribution >= 4 is 65.2 Å². The zero-order valence-corrected chi connectivity index (χ0v) is 33.9. The highest BCUT2D eigenvalue weighted by Crippen LogP contribution is 2.43. The molecule has 0 saturated heterocycles. The first kappa shape index (κ1) is 44.1. The molecule has 0 bridgehead atoms. The van der Waals surface area contributed by atoms with E-state index in [1.807, 2.05) is 45.2 Å². The van der Waals surface area contributed by atoms with Crippen molar-refractivity contribution in [2.45, 2.75) is 76.9 Å². The minimum Gasteiger partial charge on any atom is -0.427 e. The summed E-state index contributed by atoms with van der Waals surface area (Å²) in [6.45, 7) is 4.96. The van der Waals surface area contributed by atoms with Gasteiger partial charge in [-0.1, -0.05) is 30.5 Å². The maximum Gasteiger partial charge on any atom is 0.454 e. The van der Waals surface area contributed by atoms with Crippen LogP contribution in [0.5, 0.6) is 0 Å². The minimum atomic E-state index is -1.04. The number of Topliss-reactive ketones (excluding diaryl/α,β-unsaturated/α-hetero) is 2. The van der Waals surface area contributed by atoms with E-state index in [-0.39, 0.29) is 17.4 Å². The zero-order valence-electron chi connectivity index (χ0n) is 33.1. The van der Waals surface area contributed by atoms with Crippen LogP contribution in [0.25, 0.3) is 0 Å². The number of aromatic nitrogens is 4. The third-order valence-electron chi connectivity index (χ3n) is 8.92. The Morgan fingerprint density at radius 2 is 1.21 bits per heavy atom. The molecule has 2 fully saturated rings. The Bertz CT molecular complexity index is 1910. The third kappa shape index (κ3) is 14.4. The van der Waals surface area contributed by atoms with Crippen LogP contribution in [0, 0.1) is 13.8 Å². The van der Waals surface area contributed by atoms with Gasteiger partial charge in [0, 0.05) is 100 Å². The molecule has 6 N–H and O–H groups in total. The van der Waals surface area contributed by atoms with E-state index < -0.39 is 7.12 Å². The Kier molecular flexibility index (Phi) is 17.4. The van der Waals surface area contributed by atoms with Crippen molar-refractivity contribution in [1.82, 2.24) is 19.9 Å². The highest BCUT2D eigenvalue weighted by Gasteiger charge is 2.33. The fraction of sp³-hybridized carbons (Fsp3) is 0.450. The minimum absolute atomic E-state index is 0.0122. The van der Waals surface area contributed by atoms with Gasteiger partial charge in [0.1, 0.15) is 11.6 Å². The SMILES string of the molecule is CNc1cc(C)nc(Nc2ccc(C3CC3)c(C(=O)CCCOC)c2)n1.CNc1cc(C)nc(Nc2ccc(Cl)c(C(=O)CCCOC)c2)n1.OB(O)C1CC1. The maximum absolute atomic E-state index is 12.7. The summed E-state index contributed by atoms with van der Waals surface area (Å²) < 4.78 is 10.0. The van der Waals surface area contributed by atoms with Crippen LogP contribution in [-0.4, -0.2) is 90.2 Å². The first-order chi connectivity index (χ1) is 26.9. The number of ether oxygens (including phenoxy) is 2. The summed E-state index contributed by atoms with van der Waals surface area (Å²) in [5.74, 6) is 3.35. The van der Waals surface area contributed by atoms with E-state index in [1.54, 1.807) is 39.5 Å². The molecular weight excluding hydrogens is 735 g/mol. The van der Waals surface area contributed by atoms with Crippen LogP contribution in [0.2, 0.25) is 10.8 Å². The molecule has 300 valence electrons. The average molecular weight is 789 g/mol. The molecule has 2 saturated carbocycles. The summed E-state index contributed by atoms with van der Waals surface area (Å²) in [6, 6.07) is 14.9. The van der Waals surface area contributed by atoms with Crippen LogP contribution in [0.15, 0.2) is 48.5 Å². The second kappa shape index (κ2) is 22.2. The van der Waals surface area contributed by atoms with Crippen molar-refractivity contribution in [1.29, 1.82) is 0 Å². The summed E-state index contributed by atoms with van der Waals surface area (Å²) in [6.07, 6.45) is 6.62. The highest BCUT2D eigenvalue weighted by atomic mass is 35.5. The van der Waals surface area contributed by atoms with Crippen LogP contribution in [0.3, 0.4) is 0 Å². The number of aryl methyl sites for hydroxylation is 2. The lowest BCUT2D eigenvalue weighted by atomic mass is 9.84. The number of hydrogen-bond acceptors (Lipinski definition) is 14. The predicted molar refractivity (Wildman–Crippen MR) is 223 cm³/mol. The van der Waals surface area contributed by atoms with E-state index in [0.29, 0.717) is 66.6 Å². The molecule has 2 aromatic carbocycles. The Labute approximate surface area is 334 Å². The number of halogens is 1. The van der Waals surface area contributed by atoms with Crippen molar-refractivity contribution in [3.8, 4) is 0 Å². The van der Waals surface area contributed by atoms with Crippen LogP contribution in [0.4, 0.5) is 34.9 Å². The summed E-state index contributed by atoms with van der Waals surface area (Å²) in [4.78, 5) is 42.5. The molecule has 2 aromatic heterocycles. The van der Waals surface area contributed by atoms with Gasteiger partial charge in [-0.05, 0) is 87.2 Å². The van der Waals surface area contributed by atoms with Crippen LogP contribution in [0.1, 0.15) is 95.0 Å². The molecule has 2 aliphatic rings. The van der Waals surface area contributed by atoms with Gasteiger partial charge in [-0.15, -0.1) is 0 Å². The fourth-order valence-corrected chi connectivity index (χ4v) is 5.85. The Balaban J connectivity index is 0.000000216. The summed E-state index contributed by atoms with van der Waals surface area (Å²) in [7, 11) is 5.86. The number of ketones is 2. The lowest BCUT2D eigenvalue weighted by molar-refractivity contribution is 0.0955. The molecule has 4 aromatic rings. The summed E-state index contributed by atoms with van der Waals surface area (Å²) >= 11 is 6.16. The van der Waals surface area contributed by atoms with Crippen molar-refractivity contribution in [3.05, 3.63) is 81.6 Å². The topological polar surface area (TPSA) is 193 Å². The molecule has 56 heavy (non-hydrogen) atoms. The van der Waals surface area contributed by atoms with E-state index in [2.05, 4.69) is 47.3 Å². The van der Waals surface area contributed by atoms with E-state index in [0.717, 1.165) is 66.4 Å². The van der Waals surface area contributed by atoms with Gasteiger partial charge in [0.05, 0.1) is 5.02 Å². The van der Waals surface area contributed by atoms with Gasteiger partial charge in [-0.3, -0.25) is 9.59 Å². The number of benzene rings is 2. The van der Waals surface area contributed by atoms with E-state index in [1.165, 1.54) is 5.56 Å². The largest absolute Gasteiger partial charge is 0.454 e. The number of anilines is 6. The first-order valence-electron chi connectivity index (χ1n) is 18.9. The first-order valence-corrected chi connectivity index (χ1v) is 19.3. The summed E-state index contributed by atoms with van der Waals surface area (Å²) in [5.41, 5.74) is 5.71. The molecule has 2 heterocycles. The van der Waals surface area contributed by atoms with Gasteiger partial charge in [0.2, 0.25) is 11.9 Å². The fourth-order valence-electron chi connectivity index (χ4n) is 5.62. The highest BCUT2D eigenvalue weighted by molar-refractivity contribution is 6.44. The van der Waals surface area contributed by atoms with Gasteiger partial charge in [0.15, 0.2) is 11.6 Å². The van der Waals surface area contributed by atoms with E-state index in [4.69, 9.17) is 31.1 Å². The number of carbonyl (C=O) groups is 2. The molecule has 0 amide bonds. The van der Waals surface area contributed by atoms with Crippen molar-refractivity contribution in [2.24, 2.45) is 0 Å². The lowest BCUT2D eigenvalue weighted by Gasteiger charge is -2.12. The number of rotatable bonds is 18. The molecule has 6 rings (SSSR count). The standard InChI is InChI=1S/C20H26N4O2.C17H21ClN4O2.C3H7BO2/c1-13-11-19(21-2)24-20(22-13)23-15-8-9-16(14-6-7-14)17(12-15)18(25)5-4-10-26-3;1-11-9-16(19-2)22-17(20-11)21-12-6-7-14(18)13(10-12)15(23)5-4-8-24-3;5-4(6)3-1-2-3/h8-9,11-12,14H,4-7,10H2,1-3H3,(H2,21,22,23,24);6-7,9-10H,4-5,8H2,1-3H3,(H2,19,20,21,22);3,5-6H,1-2H2. The smallest absolute Gasteiger partial charge is 0.427 e. The van der Waals surface area contributed by atoms with Gasteiger partial charge < -0.3 is 40.8 Å². The van der Waals surface area contributed by atoms with Crippen LogP contribution < -0.4 is 21.3 Å². The molecule has 14 nitrogen and oxygen atoms in total. The number of carbonyl (C=O) groups excluding carboxylic acids is 2. The molecule has 0 unspecified atom stereocenters. The second-order valence-electron chi connectivity index (χ2n) is 13.7. The lowest BCUT2D eigenvalue weighted by Crippen LogP contribution is -2.09. The van der Waals surface area contributed by atoms with Crippen LogP contribution >= 0.6 is 11.6 Å². The van der Waals surface area contributed by atoms with Crippen LogP contribution in [-0.2, 0) is 9.47 Å². The molecule has 16 heteroatoms. The summed E-state index contributed by atoms with van der Waals surface area (Å²) in [5, 5.41) is 29.3. The van der Waals surface area contributed by atoms with E-state index in [9.17, 15) is 9.59 Å². The molecule has 0 radical (unpaired) electrons. The molecule has 0 aliphatic heterocycles. The van der Waals surface area contributed by atoms with Crippen molar-refractivity contribution in [2.75, 3.05) is 62.8 Å². The third-order valence-corrected chi connectivity index (χ3v) is 9.25. The van der Waals surface area contributed by atoms with E-state index >= 15 is 0 Å². The predicted octanol–water partition coefficient (Wildman–Crippen LogP) is 7.51. The Hall–Kier alpha value is -4.67. The van der Waals surface area contributed by atoms with Gasteiger partial charge in [-0.25, -0.2) is 9.97 Å². The number of hydrogen-bond donors (Lipinski definition) is 6. The van der Waals surface area contributed by atoms with Crippen molar-refractivity contribution in [3.63, 3.8) is 0 Å². The Morgan fingerprint density at radius 3 is 1.64 bits per heavy atom. The number of nitrogens with one attached hydrogen (secondary N) is 4. The van der Waals surface area contributed by atoms with Gasteiger partial charge >= 0.3 is 7.12 Å². The second-order valence-corrected chi connectivity index (χ2v) is 14.2. The molecule has 2 aliphatic carbocycles. The number of methoxy groups -OCH3 is 2. The molecule has 0 spiro atoms. The maximum atomic E-state index is 12.7. The quantitative estimate of drug-likeness (QED) is 0.0330.